The Morgan fingerprint density at radius 2 is 1.56 bits per heavy atom. The fourth-order valence-corrected chi connectivity index (χ4v) is 4.91. The molecule has 41 heavy (non-hydrogen) atoms. The average Bonchev–Trinajstić information content (AvgIpc) is 3.32. The third kappa shape index (κ3) is 8.66. The van der Waals surface area contributed by atoms with Crippen molar-refractivity contribution in [3.05, 3.63) is 83.6 Å². The minimum Gasteiger partial charge on any atom is -0.434 e. The third-order valence-corrected chi connectivity index (χ3v) is 7.52. The fourth-order valence-electron chi connectivity index (χ4n) is 4.06. The van der Waals surface area contributed by atoms with E-state index in [0.29, 0.717) is 24.0 Å². The zero-order valence-corrected chi connectivity index (χ0v) is 24.2. The van der Waals surface area contributed by atoms with E-state index in [1.165, 1.54) is 12.4 Å². The summed E-state index contributed by atoms with van der Waals surface area (Å²) in [7, 11) is -0.352. The molecule has 4 rings (SSSR count). The van der Waals surface area contributed by atoms with Crippen LogP contribution in [0.5, 0.6) is 0 Å². The Bertz CT molecular complexity index is 1370. The number of phosphoric acid groups is 1. The number of carbonyl (C=O) groups is 2. The van der Waals surface area contributed by atoms with Crippen LogP contribution >= 0.6 is 7.82 Å². The summed E-state index contributed by atoms with van der Waals surface area (Å²) in [6, 6.07) is 6.04. The summed E-state index contributed by atoms with van der Waals surface area (Å²) < 4.78 is 41.9. The highest BCUT2D eigenvalue weighted by atomic mass is 31.2. The first-order chi connectivity index (χ1) is 19.7. The van der Waals surface area contributed by atoms with Gasteiger partial charge in [0.15, 0.2) is 0 Å². The molecule has 1 aromatic heterocycles. The number of aromatic nitrogens is 1. The van der Waals surface area contributed by atoms with Gasteiger partial charge in [-0.05, 0) is 57.5 Å². The van der Waals surface area contributed by atoms with Crippen LogP contribution in [0, 0.1) is 6.92 Å². The molecule has 0 spiro atoms. The van der Waals surface area contributed by atoms with Gasteiger partial charge < -0.3 is 29.6 Å². The molecule has 0 fully saturated rings. The van der Waals surface area contributed by atoms with Gasteiger partial charge in [0.2, 0.25) is 13.6 Å². The maximum atomic E-state index is 13.6. The highest BCUT2D eigenvalue weighted by Crippen LogP contribution is 2.50. The third-order valence-electron chi connectivity index (χ3n) is 6.25. The maximum absolute atomic E-state index is 13.6. The molecule has 0 radical (unpaired) electrons. The van der Waals surface area contributed by atoms with E-state index in [1.807, 2.05) is 39.3 Å². The molecule has 2 aliphatic rings. The Kier molecular flexibility index (Phi) is 10.6. The van der Waals surface area contributed by atoms with E-state index < -0.39 is 33.3 Å². The van der Waals surface area contributed by atoms with Crippen molar-refractivity contribution in [1.82, 2.24) is 20.1 Å². The predicted molar refractivity (Wildman–Crippen MR) is 152 cm³/mol. The molecule has 0 bridgehead atoms. The molecule has 2 N–H and O–H groups in total. The van der Waals surface area contributed by atoms with Crippen LogP contribution < -0.4 is 10.6 Å². The van der Waals surface area contributed by atoms with Gasteiger partial charge in [-0.1, -0.05) is 23.8 Å². The van der Waals surface area contributed by atoms with Crippen molar-refractivity contribution in [2.24, 2.45) is 0 Å². The van der Waals surface area contributed by atoms with Gasteiger partial charge in [0, 0.05) is 43.4 Å². The van der Waals surface area contributed by atoms with Crippen molar-refractivity contribution < 1.29 is 37.2 Å². The highest BCUT2D eigenvalue weighted by Gasteiger charge is 2.30. The minimum atomic E-state index is -4.37. The number of likely N-dealkylation sites (N-methyl/N-ethyl adjacent to an activating group) is 1. The van der Waals surface area contributed by atoms with E-state index in [-0.39, 0.29) is 6.73 Å². The first-order valence-corrected chi connectivity index (χ1v) is 14.5. The summed E-state index contributed by atoms with van der Waals surface area (Å²) in [5, 5.41) is 6.67. The van der Waals surface area contributed by atoms with Gasteiger partial charge in [-0.2, -0.15) is 0 Å². The zero-order valence-electron chi connectivity index (χ0n) is 23.3. The molecule has 0 unspecified atom stereocenters. The Morgan fingerprint density at radius 3 is 2.10 bits per heavy atom. The van der Waals surface area contributed by atoms with Crippen LogP contribution in [0.3, 0.4) is 0 Å². The number of esters is 2. The van der Waals surface area contributed by atoms with Crippen LogP contribution in [0.1, 0.15) is 24.0 Å². The number of benzene rings is 1. The number of carbonyl (C=O) groups excluding carboxylic acids is 2. The van der Waals surface area contributed by atoms with Crippen molar-refractivity contribution in [3.8, 4) is 0 Å². The second-order valence-corrected chi connectivity index (χ2v) is 11.3. The van der Waals surface area contributed by atoms with Crippen LogP contribution in [0.4, 0.5) is 0 Å². The first-order valence-electron chi connectivity index (χ1n) is 13.1. The quantitative estimate of drug-likeness (QED) is 0.190. The molecule has 0 aliphatic carbocycles. The number of fused-ring (bicyclic) bond motifs is 1. The number of nitrogens with one attached hydrogen (secondary N) is 2. The fraction of sp³-hybridized carbons (Fsp3) is 0.357. The number of ether oxygens (including phenoxy) is 2. The number of rotatable bonds is 14. The second-order valence-electron chi connectivity index (χ2n) is 9.65. The number of dihydropyridines is 2. The van der Waals surface area contributed by atoms with E-state index in [9.17, 15) is 14.2 Å². The van der Waals surface area contributed by atoms with E-state index in [1.54, 1.807) is 29.1 Å². The van der Waals surface area contributed by atoms with Crippen LogP contribution in [-0.2, 0) is 50.4 Å². The summed E-state index contributed by atoms with van der Waals surface area (Å²) in [4.78, 5) is 26.7. The Morgan fingerprint density at radius 1 is 0.951 bits per heavy atom. The van der Waals surface area contributed by atoms with Crippen molar-refractivity contribution in [1.29, 1.82) is 0 Å². The molecule has 13 heteroatoms. The van der Waals surface area contributed by atoms with Crippen molar-refractivity contribution in [2.45, 2.75) is 32.9 Å². The molecular formula is C28H35N4O8P. The lowest BCUT2D eigenvalue weighted by molar-refractivity contribution is -0.149. The monoisotopic (exact) mass is 586 g/mol. The van der Waals surface area contributed by atoms with Crippen molar-refractivity contribution in [3.63, 3.8) is 0 Å². The second kappa shape index (κ2) is 14.3. The Hall–Kier alpha value is -3.67. The van der Waals surface area contributed by atoms with E-state index >= 15 is 0 Å². The topological polar surface area (TPSA) is 130 Å². The zero-order chi connectivity index (χ0) is 29.2. The van der Waals surface area contributed by atoms with Gasteiger partial charge in [-0.15, -0.1) is 0 Å². The van der Waals surface area contributed by atoms with Crippen LogP contribution in [0.25, 0.3) is 10.9 Å². The number of phosphoric ester groups is 1. The minimum absolute atomic E-state index is 0.194. The summed E-state index contributed by atoms with van der Waals surface area (Å²) in [5.74, 6) is -1.30. The maximum Gasteiger partial charge on any atom is 0.482 e. The van der Waals surface area contributed by atoms with Crippen molar-refractivity contribution >= 4 is 30.7 Å². The highest BCUT2D eigenvalue weighted by molar-refractivity contribution is 7.48. The normalized spacial score (nSPS) is 14.8. The van der Waals surface area contributed by atoms with E-state index in [4.69, 9.17) is 23.0 Å². The summed E-state index contributed by atoms with van der Waals surface area (Å²) in [6.07, 6.45) is 13.4. The van der Waals surface area contributed by atoms with Crippen LogP contribution in [0.15, 0.2) is 72.5 Å². The summed E-state index contributed by atoms with van der Waals surface area (Å²) in [5.41, 5.74) is 3.82. The standard InChI is InChI=1S/C28H35N4O8P/c1-21-8-9-26-25(14-21)24(10-13-31(2)3)17-32(26)18-38-41(35,39-19-36-27(33)22-6-4-11-29-15-22)40-20-37-28(34)23-7-5-12-30-16-23/h4-5,8-9,11-12,14-17,29-30H,6-7,10,13,18-20H2,1-3H3. The smallest absolute Gasteiger partial charge is 0.434 e. The molecule has 12 nitrogen and oxygen atoms in total. The SMILES string of the molecule is Cc1ccc2c(c1)c(CCN(C)C)cn2COP(=O)(OCOC(=O)C1=CNC=CC1)OCOC(=O)C1=CNC=CC1. The van der Waals surface area contributed by atoms with Gasteiger partial charge in [0.1, 0.15) is 6.73 Å². The summed E-state index contributed by atoms with van der Waals surface area (Å²) >= 11 is 0. The molecule has 1 aromatic carbocycles. The molecule has 0 amide bonds. The first kappa shape index (κ1) is 30.3. The predicted octanol–water partition coefficient (Wildman–Crippen LogP) is 3.95. The molecule has 220 valence electrons. The molecular weight excluding hydrogens is 551 g/mol. The van der Waals surface area contributed by atoms with Crippen LogP contribution in [0.2, 0.25) is 0 Å². The molecule has 0 atom stereocenters. The number of allylic oxidation sites excluding steroid dienone is 2. The summed E-state index contributed by atoms with van der Waals surface area (Å²) in [6.45, 7) is 1.27. The van der Waals surface area contributed by atoms with E-state index in [0.717, 1.165) is 35.0 Å². The van der Waals surface area contributed by atoms with Gasteiger partial charge in [-0.25, -0.2) is 23.2 Å². The molecule has 0 saturated carbocycles. The van der Waals surface area contributed by atoms with Gasteiger partial charge >= 0.3 is 19.8 Å². The van der Waals surface area contributed by atoms with Crippen molar-refractivity contribution in [2.75, 3.05) is 34.2 Å². The van der Waals surface area contributed by atoms with Gasteiger partial charge in [-0.3, -0.25) is 4.52 Å². The van der Waals surface area contributed by atoms with Gasteiger partial charge in [0.05, 0.1) is 16.7 Å². The lowest BCUT2D eigenvalue weighted by Gasteiger charge is -2.19. The van der Waals surface area contributed by atoms with Gasteiger partial charge in [0.25, 0.3) is 0 Å². The number of nitrogens with zero attached hydrogens (tertiary/aromatic N) is 2. The Labute approximate surface area is 238 Å². The molecule has 2 aromatic rings. The molecule has 3 heterocycles. The molecule has 2 aliphatic heterocycles. The number of hydrogen-bond acceptors (Lipinski definition) is 11. The van der Waals surface area contributed by atoms with Crippen LogP contribution in [-0.4, -0.2) is 55.6 Å². The lowest BCUT2D eigenvalue weighted by atomic mass is 10.1. The number of hydrogen-bond donors (Lipinski definition) is 2. The number of aryl methyl sites for hydroxylation is 1. The lowest BCUT2D eigenvalue weighted by Crippen LogP contribution is -2.17. The largest absolute Gasteiger partial charge is 0.482 e. The van der Waals surface area contributed by atoms with E-state index in [2.05, 4.69) is 21.6 Å². The average molecular weight is 587 g/mol. The molecule has 0 saturated heterocycles. The Balaban J connectivity index is 1.44.